The molecule has 6 unspecified atom stereocenters. The lowest BCUT2D eigenvalue weighted by atomic mass is 9.76. The fraction of sp³-hybridized carbons (Fsp3) is 0.486. The zero-order valence-electron chi connectivity index (χ0n) is 57.6. The Morgan fingerprint density at radius 2 is 1.14 bits per heavy atom. The molecule has 0 spiro atoms. The largest absolute Gasteiger partial charge is 0.380 e. The zero-order chi connectivity index (χ0) is 70.6. The number of likely N-dealkylation sites (N-methyl/N-ethyl adjacent to an activating group) is 2. The van der Waals surface area contributed by atoms with Gasteiger partial charge in [0.05, 0.1) is 30.2 Å². The molecule has 1 aliphatic heterocycles. The monoisotopic (exact) mass is 1330 g/mol. The summed E-state index contributed by atoms with van der Waals surface area (Å²) in [5.74, 6) is -5.27. The molecule has 1 heterocycles. The molecule has 4 aromatic rings. The Kier molecular flexibility index (Phi) is 27.9. The number of nitrogens with two attached hydrogens (primary N) is 1. The second-order valence-corrected chi connectivity index (χ2v) is 29.8. The molecule has 22 nitrogen and oxygen atoms in total. The molecule has 516 valence electrons. The highest BCUT2D eigenvalue weighted by Crippen LogP contribution is 2.30. The lowest BCUT2D eigenvalue weighted by Gasteiger charge is -2.40. The Balaban J connectivity index is 1.28. The van der Waals surface area contributed by atoms with Gasteiger partial charge in [0.15, 0.2) is 0 Å². The normalized spacial score (nSPS) is 15.0. The molecule has 0 radical (unpaired) electrons. The number of unbranched alkanes of at least 4 members (excludes halogenated alkanes) is 1. The molecule has 5 rings (SSSR count). The molecule has 95 heavy (non-hydrogen) atoms. The Morgan fingerprint density at radius 3 is 1.64 bits per heavy atom. The first-order valence-corrected chi connectivity index (χ1v) is 33.7. The fourth-order valence-corrected chi connectivity index (χ4v) is 12.2. The molecule has 6 atom stereocenters. The Morgan fingerprint density at radius 1 is 0.632 bits per heavy atom. The van der Waals surface area contributed by atoms with Gasteiger partial charge < -0.3 is 47.3 Å². The van der Waals surface area contributed by atoms with Crippen molar-refractivity contribution in [3.05, 3.63) is 156 Å². The van der Waals surface area contributed by atoms with Crippen molar-refractivity contribution in [2.45, 2.75) is 168 Å². The molecule has 9 N–H and O–H groups in total. The van der Waals surface area contributed by atoms with Gasteiger partial charge in [-0.2, -0.15) is 0 Å². The highest BCUT2D eigenvalue weighted by atomic mass is 32.2. The maximum atomic E-state index is 14.6. The van der Waals surface area contributed by atoms with Gasteiger partial charge in [-0.3, -0.25) is 48.1 Å². The molecule has 4 aromatic carbocycles. The first-order valence-electron chi connectivity index (χ1n) is 32.2. The van der Waals surface area contributed by atoms with Crippen LogP contribution in [0, 0.1) is 22.2 Å². The number of hydrogen-bond donors (Lipinski definition) is 8. The summed E-state index contributed by atoms with van der Waals surface area (Å²) >= 11 is 0. The third-order valence-electron chi connectivity index (χ3n) is 16.6. The Bertz CT molecular complexity index is 3460. The molecule has 0 saturated heterocycles. The van der Waals surface area contributed by atoms with Crippen LogP contribution in [-0.2, 0) is 76.2 Å². The fourth-order valence-electron chi connectivity index (χ4n) is 11.2. The van der Waals surface area contributed by atoms with E-state index in [1.54, 1.807) is 56.6 Å². The molecule has 0 bridgehead atoms. The van der Waals surface area contributed by atoms with E-state index < -0.39 is 115 Å². The van der Waals surface area contributed by atoms with Crippen LogP contribution in [0.1, 0.15) is 125 Å². The lowest BCUT2D eigenvalue weighted by Crippen LogP contribution is -2.61. The number of amides is 9. The predicted molar refractivity (Wildman–Crippen MR) is 367 cm³/mol. The van der Waals surface area contributed by atoms with Gasteiger partial charge in [0.25, 0.3) is 27.7 Å². The van der Waals surface area contributed by atoms with Crippen molar-refractivity contribution in [1.29, 1.82) is 0 Å². The van der Waals surface area contributed by atoms with Crippen LogP contribution in [0.25, 0.3) is 0 Å². The van der Waals surface area contributed by atoms with Gasteiger partial charge in [0.1, 0.15) is 24.2 Å². The maximum Gasteiger partial charge on any atom is 0.264 e. The van der Waals surface area contributed by atoms with Gasteiger partial charge in [-0.15, -0.1) is 0 Å². The number of imide groups is 1. The average Bonchev–Trinajstić information content (AvgIpc) is 1.40. The number of sulfonamides is 1. The second kappa shape index (κ2) is 34.3. The van der Waals surface area contributed by atoms with Gasteiger partial charge in [-0.25, -0.2) is 13.1 Å². The SMILES string of the molecule is CNC(C(=O)NC(C(=O)N(C)C(C=C(C)C(=O)NS(=O)(=O)c1ccc(NC(=O)C(CCCCN)NC(=O)C(Cc2ccccc2)NC(=O)C(Cc2ccccc2)NC(=O)CC(C)(C)COCC(C)(C)CN2C(=O)C=CC2=O)cc1)C(C)C)C(C)(C)C)C(C)(C)c1ccccc1. The molecular formula is C72H100N10O12S. The van der Waals surface area contributed by atoms with E-state index in [9.17, 15) is 51.6 Å². The summed E-state index contributed by atoms with van der Waals surface area (Å²) in [6.07, 6.45) is 5.05. The number of ether oxygens (including phenoxy) is 1. The van der Waals surface area contributed by atoms with Crippen molar-refractivity contribution < 1.29 is 56.3 Å². The van der Waals surface area contributed by atoms with E-state index in [2.05, 4.69) is 36.6 Å². The molecule has 0 aliphatic carbocycles. The minimum atomic E-state index is -4.51. The van der Waals surface area contributed by atoms with E-state index in [-0.39, 0.29) is 73.4 Å². The first kappa shape index (κ1) is 77.3. The molecule has 0 fully saturated rings. The van der Waals surface area contributed by atoms with Gasteiger partial charge >= 0.3 is 0 Å². The molecule has 9 amide bonds. The summed E-state index contributed by atoms with van der Waals surface area (Å²) < 4.78 is 35.8. The van der Waals surface area contributed by atoms with Crippen LogP contribution in [0.4, 0.5) is 5.69 Å². The molecule has 23 heteroatoms. The maximum absolute atomic E-state index is 14.6. The van der Waals surface area contributed by atoms with Gasteiger partial charge in [-0.05, 0) is 97.5 Å². The number of nitrogens with one attached hydrogen (secondary N) is 7. The summed E-state index contributed by atoms with van der Waals surface area (Å²) in [4.78, 5) is 126. The summed E-state index contributed by atoms with van der Waals surface area (Å²) in [7, 11) is -1.25. The lowest BCUT2D eigenvalue weighted by molar-refractivity contribution is -0.141. The predicted octanol–water partition coefficient (Wildman–Crippen LogP) is 6.41. The minimum Gasteiger partial charge on any atom is -0.380 e. The minimum absolute atomic E-state index is 0.00123. The van der Waals surface area contributed by atoms with E-state index in [1.807, 2.05) is 125 Å². The topological polar surface area (TPSA) is 314 Å². The van der Waals surface area contributed by atoms with E-state index in [0.717, 1.165) is 16.0 Å². The molecule has 1 aliphatic rings. The van der Waals surface area contributed by atoms with E-state index in [1.165, 1.54) is 54.3 Å². The van der Waals surface area contributed by atoms with Crippen LogP contribution in [0.5, 0.6) is 0 Å². The molecule has 0 saturated carbocycles. The third kappa shape index (κ3) is 23.2. The quantitative estimate of drug-likeness (QED) is 0.0140. The number of benzene rings is 4. The summed E-state index contributed by atoms with van der Waals surface area (Å²) in [6, 6.07) is 26.6. The smallest absolute Gasteiger partial charge is 0.264 e. The van der Waals surface area contributed by atoms with Gasteiger partial charge in [0, 0.05) is 67.1 Å². The summed E-state index contributed by atoms with van der Waals surface area (Å²) in [5, 5.41) is 17.5. The van der Waals surface area contributed by atoms with E-state index >= 15 is 0 Å². The average molecular weight is 1330 g/mol. The van der Waals surface area contributed by atoms with Crippen LogP contribution in [0.15, 0.2) is 144 Å². The number of carbonyl (C=O) groups is 9. The Labute approximate surface area is 561 Å². The van der Waals surface area contributed by atoms with Crippen LogP contribution in [0.2, 0.25) is 0 Å². The molecule has 0 aromatic heterocycles. The Hall–Kier alpha value is -8.38. The van der Waals surface area contributed by atoms with Crippen LogP contribution in [-0.4, -0.2) is 148 Å². The highest BCUT2D eigenvalue weighted by Gasteiger charge is 2.42. The number of carbonyl (C=O) groups excluding carboxylic acids is 9. The van der Waals surface area contributed by atoms with Crippen molar-refractivity contribution in [1.82, 2.24) is 41.1 Å². The van der Waals surface area contributed by atoms with Crippen molar-refractivity contribution in [2.24, 2.45) is 27.9 Å². The second-order valence-electron chi connectivity index (χ2n) is 28.1. The van der Waals surface area contributed by atoms with Gasteiger partial charge in [-0.1, -0.05) is 173 Å². The van der Waals surface area contributed by atoms with Crippen molar-refractivity contribution >= 4 is 68.9 Å². The van der Waals surface area contributed by atoms with Crippen molar-refractivity contribution in [3.63, 3.8) is 0 Å². The van der Waals surface area contributed by atoms with Crippen LogP contribution in [0.3, 0.4) is 0 Å². The number of nitrogens with zero attached hydrogens (tertiary/aromatic N) is 2. The summed E-state index contributed by atoms with van der Waals surface area (Å²) in [6.45, 7) is 22.7. The number of hydrogen-bond acceptors (Lipinski definition) is 14. The van der Waals surface area contributed by atoms with Crippen molar-refractivity contribution in [2.75, 3.05) is 45.7 Å². The third-order valence-corrected chi connectivity index (χ3v) is 18.0. The zero-order valence-corrected chi connectivity index (χ0v) is 58.4. The highest BCUT2D eigenvalue weighted by molar-refractivity contribution is 7.90. The van der Waals surface area contributed by atoms with E-state index in [4.69, 9.17) is 10.5 Å². The molecular weight excluding hydrogens is 1230 g/mol. The number of anilines is 1. The standard InChI is InChI=1S/C72H100N10O12S/c1-47(2)57(81(14)68(91)62(69(4,5)6)79-67(90)61(74-13)72(11,12)51-30-22-17-23-31-51)40-48(3)63(86)80-95(92,93)53-35-33-52(34-36-53)75-64(87)54(32-24-25-39-73)77-66(89)56(42-50-28-20-16-21-29-50)78-65(88)55(41-49-26-18-15-19-27-49)76-58(83)43-70(7,8)45-94-46-71(9,10)44-82-59(84)37-38-60(82)85/h15-23,26-31,33-38,40,47,54-57,61-62,74H,24-25,32,39,41-46,73H2,1-14H3,(H,75,87)(H,76,83)(H,77,89)(H,78,88)(H,79,90)(H,80,86). The van der Waals surface area contributed by atoms with Crippen LogP contribution < -0.4 is 42.4 Å². The van der Waals surface area contributed by atoms with E-state index in [0.29, 0.717) is 24.9 Å². The first-order chi connectivity index (χ1) is 44.5. The van der Waals surface area contributed by atoms with Crippen molar-refractivity contribution in [3.8, 4) is 0 Å². The van der Waals surface area contributed by atoms with Crippen LogP contribution >= 0.6 is 0 Å². The van der Waals surface area contributed by atoms with Gasteiger partial charge in [0.2, 0.25) is 35.4 Å². The number of rotatable bonds is 35. The summed E-state index contributed by atoms with van der Waals surface area (Å²) in [5.41, 5.74) is 5.60.